The van der Waals surface area contributed by atoms with Crippen LogP contribution in [0.1, 0.15) is 31.2 Å². The maximum Gasteiger partial charge on any atom is 0.170 e. The summed E-state index contributed by atoms with van der Waals surface area (Å²) in [5.74, 6) is -0.578. The monoisotopic (exact) mass is 239 g/mol. The summed E-state index contributed by atoms with van der Waals surface area (Å²) in [5.41, 5.74) is 0.913. The van der Waals surface area contributed by atoms with Gasteiger partial charge in [-0.25, -0.2) is 8.78 Å². The molecule has 92 valence electrons. The van der Waals surface area contributed by atoms with E-state index in [2.05, 4.69) is 5.32 Å². The molecule has 0 aliphatic rings. The topological polar surface area (TPSA) is 25.2 Å². The van der Waals surface area contributed by atoms with Gasteiger partial charge in [0.25, 0.3) is 0 Å². The van der Waals surface area contributed by atoms with Crippen LogP contribution in [-0.2, 0) is 0 Å². The number of nitrogens with one attached hydrogen (secondary N) is 1. The van der Waals surface area contributed by atoms with Gasteiger partial charge in [0, 0.05) is 17.0 Å². The molecule has 1 aromatic heterocycles. The summed E-state index contributed by atoms with van der Waals surface area (Å²) in [5, 5.41) is 3.69. The van der Waals surface area contributed by atoms with Gasteiger partial charge in [0.1, 0.15) is 11.6 Å². The highest BCUT2D eigenvalue weighted by atomic mass is 19.1. The molecule has 0 radical (unpaired) electrons. The molecule has 2 nitrogen and oxygen atoms in total. The van der Waals surface area contributed by atoms with Crippen LogP contribution in [0.4, 0.5) is 8.78 Å². The molecule has 0 aliphatic carbocycles. The smallest absolute Gasteiger partial charge is 0.170 e. The molecule has 0 aliphatic heterocycles. The lowest BCUT2D eigenvalue weighted by Gasteiger charge is -2.09. The quantitative estimate of drug-likeness (QED) is 0.883. The number of fused-ring (bicyclic) bond motifs is 1. The third kappa shape index (κ3) is 2.05. The first-order valence-corrected chi connectivity index (χ1v) is 5.66. The Labute approximate surface area is 98.6 Å². The van der Waals surface area contributed by atoms with Crippen LogP contribution >= 0.6 is 0 Å². The number of aryl methyl sites for hydroxylation is 1. The first-order valence-electron chi connectivity index (χ1n) is 5.66. The molecular weight excluding hydrogens is 224 g/mol. The van der Waals surface area contributed by atoms with E-state index in [-0.39, 0.29) is 11.6 Å². The summed E-state index contributed by atoms with van der Waals surface area (Å²) in [4.78, 5) is 0. The second-order valence-electron chi connectivity index (χ2n) is 4.13. The minimum atomic E-state index is -0.655. The van der Waals surface area contributed by atoms with Gasteiger partial charge in [-0.15, -0.1) is 0 Å². The standard InChI is InChI=1S/C13H15F2NO/c1-4-16-8(3)12-7(2)10-5-9(14)6-11(15)13(10)17-12/h5-6,8,16H,4H2,1-3H3. The van der Waals surface area contributed by atoms with Crippen molar-refractivity contribution < 1.29 is 13.2 Å². The second-order valence-corrected chi connectivity index (χ2v) is 4.13. The lowest BCUT2D eigenvalue weighted by Crippen LogP contribution is -2.17. The van der Waals surface area contributed by atoms with Crippen molar-refractivity contribution in [2.75, 3.05) is 6.54 Å². The Kier molecular flexibility index (Phi) is 3.15. The van der Waals surface area contributed by atoms with E-state index >= 15 is 0 Å². The van der Waals surface area contributed by atoms with Gasteiger partial charge < -0.3 is 9.73 Å². The van der Waals surface area contributed by atoms with Crippen LogP contribution in [0, 0.1) is 18.6 Å². The molecule has 2 rings (SSSR count). The van der Waals surface area contributed by atoms with Gasteiger partial charge in [0.15, 0.2) is 11.4 Å². The summed E-state index contributed by atoms with van der Waals surface area (Å²) >= 11 is 0. The number of furan rings is 1. The van der Waals surface area contributed by atoms with Crippen molar-refractivity contribution in [3.63, 3.8) is 0 Å². The van der Waals surface area contributed by atoms with Gasteiger partial charge in [0.2, 0.25) is 0 Å². The minimum Gasteiger partial charge on any atom is -0.456 e. The number of hydrogen-bond acceptors (Lipinski definition) is 2. The van der Waals surface area contributed by atoms with Crippen LogP contribution in [0.3, 0.4) is 0 Å². The molecule has 1 aromatic carbocycles. The molecule has 0 amide bonds. The average molecular weight is 239 g/mol. The third-order valence-electron chi connectivity index (χ3n) is 2.90. The lowest BCUT2D eigenvalue weighted by atomic mass is 10.1. The van der Waals surface area contributed by atoms with Crippen LogP contribution in [-0.4, -0.2) is 6.54 Å². The summed E-state index contributed by atoms with van der Waals surface area (Å²) in [6.45, 7) is 6.51. The van der Waals surface area contributed by atoms with Crippen molar-refractivity contribution in [1.82, 2.24) is 5.32 Å². The molecule has 2 aromatic rings. The van der Waals surface area contributed by atoms with Crippen molar-refractivity contribution in [1.29, 1.82) is 0 Å². The van der Waals surface area contributed by atoms with Crippen LogP contribution < -0.4 is 5.32 Å². The van der Waals surface area contributed by atoms with Crippen molar-refractivity contribution in [3.8, 4) is 0 Å². The Morgan fingerprint density at radius 1 is 1.35 bits per heavy atom. The Hall–Kier alpha value is -1.42. The van der Waals surface area contributed by atoms with Gasteiger partial charge in [0.05, 0.1) is 6.04 Å². The SMILES string of the molecule is CCNC(C)c1oc2c(F)cc(F)cc2c1C. The molecular formula is C13H15F2NO. The first kappa shape index (κ1) is 12.0. The van der Waals surface area contributed by atoms with E-state index in [0.29, 0.717) is 11.1 Å². The van der Waals surface area contributed by atoms with Gasteiger partial charge in [-0.2, -0.15) is 0 Å². The Bertz CT molecular complexity index is 548. The van der Waals surface area contributed by atoms with E-state index in [4.69, 9.17) is 4.42 Å². The minimum absolute atomic E-state index is 0.0186. The summed E-state index contributed by atoms with van der Waals surface area (Å²) < 4.78 is 32.2. The average Bonchev–Trinajstić information content (AvgIpc) is 2.57. The van der Waals surface area contributed by atoms with E-state index in [0.717, 1.165) is 18.2 Å². The van der Waals surface area contributed by atoms with E-state index in [1.165, 1.54) is 6.07 Å². The van der Waals surface area contributed by atoms with Crippen molar-refractivity contribution >= 4 is 11.0 Å². The Morgan fingerprint density at radius 3 is 2.71 bits per heavy atom. The molecule has 0 fully saturated rings. The highest BCUT2D eigenvalue weighted by molar-refractivity contribution is 5.82. The zero-order valence-electron chi connectivity index (χ0n) is 10.1. The van der Waals surface area contributed by atoms with E-state index < -0.39 is 11.6 Å². The molecule has 1 atom stereocenters. The van der Waals surface area contributed by atoms with Crippen LogP contribution in [0.15, 0.2) is 16.5 Å². The van der Waals surface area contributed by atoms with E-state index in [1.807, 2.05) is 20.8 Å². The normalized spacial score (nSPS) is 13.2. The fraction of sp³-hybridized carbons (Fsp3) is 0.385. The summed E-state index contributed by atoms with van der Waals surface area (Å²) in [6.07, 6.45) is 0. The fourth-order valence-electron chi connectivity index (χ4n) is 2.07. The van der Waals surface area contributed by atoms with Gasteiger partial charge in [-0.3, -0.25) is 0 Å². The molecule has 1 N–H and O–H groups in total. The highest BCUT2D eigenvalue weighted by Crippen LogP contribution is 2.31. The van der Waals surface area contributed by atoms with Crippen molar-refractivity contribution in [2.24, 2.45) is 0 Å². The Morgan fingerprint density at radius 2 is 2.06 bits per heavy atom. The van der Waals surface area contributed by atoms with E-state index in [1.54, 1.807) is 0 Å². The van der Waals surface area contributed by atoms with Crippen LogP contribution in [0.2, 0.25) is 0 Å². The maximum atomic E-state index is 13.5. The number of halogens is 2. The molecule has 1 unspecified atom stereocenters. The number of hydrogen-bond donors (Lipinski definition) is 1. The molecule has 0 saturated heterocycles. The highest BCUT2D eigenvalue weighted by Gasteiger charge is 2.18. The molecule has 0 saturated carbocycles. The molecule has 4 heteroatoms. The van der Waals surface area contributed by atoms with Crippen molar-refractivity contribution in [3.05, 3.63) is 35.1 Å². The molecule has 0 spiro atoms. The molecule has 0 bridgehead atoms. The van der Waals surface area contributed by atoms with Gasteiger partial charge in [-0.05, 0) is 26.5 Å². The number of benzene rings is 1. The lowest BCUT2D eigenvalue weighted by molar-refractivity contribution is 0.446. The predicted molar refractivity (Wildman–Crippen MR) is 63.0 cm³/mol. The van der Waals surface area contributed by atoms with E-state index in [9.17, 15) is 8.78 Å². The van der Waals surface area contributed by atoms with Gasteiger partial charge >= 0.3 is 0 Å². The zero-order valence-corrected chi connectivity index (χ0v) is 10.1. The predicted octanol–water partition coefficient (Wildman–Crippen LogP) is 3.69. The van der Waals surface area contributed by atoms with Crippen LogP contribution in [0.5, 0.6) is 0 Å². The third-order valence-corrected chi connectivity index (χ3v) is 2.90. The second kappa shape index (κ2) is 4.45. The van der Waals surface area contributed by atoms with Crippen LogP contribution in [0.25, 0.3) is 11.0 Å². The van der Waals surface area contributed by atoms with Crippen molar-refractivity contribution in [2.45, 2.75) is 26.8 Å². The molecule has 1 heterocycles. The summed E-state index contributed by atoms with van der Waals surface area (Å²) in [6, 6.07) is 2.13. The first-order chi connectivity index (χ1) is 8.04. The largest absolute Gasteiger partial charge is 0.456 e. The summed E-state index contributed by atoms with van der Waals surface area (Å²) in [7, 11) is 0. The fourth-order valence-corrected chi connectivity index (χ4v) is 2.07. The Balaban J connectivity index is 2.60. The molecule has 17 heavy (non-hydrogen) atoms. The zero-order chi connectivity index (χ0) is 12.6. The van der Waals surface area contributed by atoms with Gasteiger partial charge in [-0.1, -0.05) is 6.92 Å². The number of rotatable bonds is 3. The maximum absolute atomic E-state index is 13.5.